The van der Waals surface area contributed by atoms with Gasteiger partial charge >= 0.3 is 0 Å². The minimum Gasteiger partial charge on any atom is -0.505 e. The van der Waals surface area contributed by atoms with Gasteiger partial charge in [-0.3, -0.25) is 9.79 Å². The second-order valence-corrected chi connectivity index (χ2v) is 10.3. The number of nitrogens with one attached hydrogen (secondary N) is 1. The maximum Gasteiger partial charge on any atom is 0.257 e. The number of benzene rings is 1. The van der Waals surface area contributed by atoms with Crippen molar-refractivity contribution in [1.82, 2.24) is 19.6 Å². The zero-order valence-electron chi connectivity index (χ0n) is 23.2. The van der Waals surface area contributed by atoms with Crippen molar-refractivity contribution in [3.63, 3.8) is 0 Å². The average Bonchev–Trinajstić information content (AvgIpc) is 3.47. The molecule has 11 nitrogen and oxygen atoms in total. The molecule has 2 aromatic heterocycles. The largest absolute Gasteiger partial charge is 0.505 e. The Bertz CT molecular complexity index is 1350. The molecule has 1 saturated heterocycles. The highest BCUT2D eigenvalue weighted by molar-refractivity contribution is 7.97. The number of piperazine rings is 1. The molecule has 40 heavy (non-hydrogen) atoms. The van der Waals surface area contributed by atoms with E-state index in [1.54, 1.807) is 47.8 Å². The number of nitrogens with zero attached hydrogens (tertiary/aromatic N) is 6. The van der Waals surface area contributed by atoms with Gasteiger partial charge in [0, 0.05) is 44.8 Å². The van der Waals surface area contributed by atoms with Crippen molar-refractivity contribution in [2.45, 2.75) is 39.2 Å². The van der Waals surface area contributed by atoms with Crippen LogP contribution in [0.4, 0.5) is 11.6 Å². The number of furan rings is 1. The molecule has 0 spiro atoms. The summed E-state index contributed by atoms with van der Waals surface area (Å²) in [7, 11) is 0. The number of nitrogens with two attached hydrogens (primary N) is 1. The van der Waals surface area contributed by atoms with Crippen LogP contribution in [0.3, 0.4) is 0 Å². The molecule has 4 N–H and O–H groups in total. The summed E-state index contributed by atoms with van der Waals surface area (Å²) < 4.78 is 8.82. The summed E-state index contributed by atoms with van der Waals surface area (Å²) in [6.45, 7) is 8.35. The van der Waals surface area contributed by atoms with E-state index in [9.17, 15) is 9.90 Å². The Kier molecular flexibility index (Phi) is 9.65. The maximum absolute atomic E-state index is 13.3. The predicted octanol–water partition coefficient (Wildman–Crippen LogP) is 4.27. The Morgan fingerprint density at radius 2 is 1.93 bits per heavy atom. The van der Waals surface area contributed by atoms with Gasteiger partial charge in [-0.05, 0) is 42.2 Å². The lowest BCUT2D eigenvalue weighted by molar-refractivity contribution is 0.0743. The Balaban J connectivity index is 1.53. The third-order valence-electron chi connectivity index (χ3n) is 6.64. The van der Waals surface area contributed by atoms with Crippen LogP contribution in [0.5, 0.6) is 5.75 Å². The van der Waals surface area contributed by atoms with Gasteiger partial charge in [-0.15, -0.1) is 0 Å². The van der Waals surface area contributed by atoms with Crippen molar-refractivity contribution in [2.75, 3.05) is 37.3 Å². The Hall–Kier alpha value is -4.06. The van der Waals surface area contributed by atoms with Crippen molar-refractivity contribution in [1.29, 1.82) is 0 Å². The van der Waals surface area contributed by atoms with Gasteiger partial charge in [0.2, 0.25) is 5.95 Å². The molecule has 12 heteroatoms. The van der Waals surface area contributed by atoms with E-state index in [-0.39, 0.29) is 40.6 Å². The number of aromatic nitrogens is 2. The lowest BCUT2D eigenvalue weighted by Crippen LogP contribution is -2.49. The van der Waals surface area contributed by atoms with E-state index in [1.165, 1.54) is 11.9 Å². The molecular weight excluding hydrogens is 528 g/mol. The van der Waals surface area contributed by atoms with Crippen molar-refractivity contribution in [3.8, 4) is 5.75 Å². The zero-order valence-corrected chi connectivity index (χ0v) is 24.1. The minimum atomic E-state index is -0.289. The van der Waals surface area contributed by atoms with Gasteiger partial charge in [-0.25, -0.2) is 15.0 Å². The van der Waals surface area contributed by atoms with Crippen molar-refractivity contribution in [2.24, 2.45) is 15.7 Å². The quantitative estimate of drug-likeness (QED) is 0.207. The number of amides is 1. The molecule has 3 aromatic rings. The number of amidine groups is 2. The molecular formula is C28H36N8O3S. The predicted molar refractivity (Wildman–Crippen MR) is 159 cm³/mol. The fraction of sp³-hybridized carbons (Fsp3) is 0.393. The van der Waals surface area contributed by atoms with Crippen LogP contribution in [0, 0.1) is 0 Å². The molecule has 0 unspecified atom stereocenters. The van der Waals surface area contributed by atoms with Gasteiger partial charge in [-0.2, -0.15) is 0 Å². The summed E-state index contributed by atoms with van der Waals surface area (Å²) in [6.07, 6.45) is 7.66. The molecule has 3 heterocycles. The second-order valence-electron chi connectivity index (χ2n) is 9.64. The molecule has 1 aliphatic rings. The lowest BCUT2D eigenvalue weighted by atomic mass is 10.1. The number of para-hydroxylation sites is 1. The summed E-state index contributed by atoms with van der Waals surface area (Å²) in [5.41, 5.74) is 7.87. The van der Waals surface area contributed by atoms with Gasteiger partial charge in [-0.1, -0.05) is 38.8 Å². The molecule has 1 aromatic carbocycles. The molecule has 0 saturated carbocycles. The summed E-state index contributed by atoms with van der Waals surface area (Å²) in [5.74, 6) is 1.66. The Labute approximate surface area is 238 Å². The summed E-state index contributed by atoms with van der Waals surface area (Å²) in [4.78, 5) is 34.9. The summed E-state index contributed by atoms with van der Waals surface area (Å²) in [5, 5.41) is 11.1. The van der Waals surface area contributed by atoms with Gasteiger partial charge in [0.05, 0.1) is 11.8 Å². The van der Waals surface area contributed by atoms with Gasteiger partial charge in [0.25, 0.3) is 5.91 Å². The van der Waals surface area contributed by atoms with Crippen molar-refractivity contribution >= 4 is 41.2 Å². The van der Waals surface area contributed by atoms with Gasteiger partial charge < -0.3 is 29.8 Å². The van der Waals surface area contributed by atoms with E-state index in [1.807, 2.05) is 24.1 Å². The van der Waals surface area contributed by atoms with Gasteiger partial charge in [0.15, 0.2) is 17.4 Å². The van der Waals surface area contributed by atoms with E-state index < -0.39 is 0 Å². The highest BCUT2D eigenvalue weighted by Crippen LogP contribution is 2.32. The first-order valence-electron chi connectivity index (χ1n) is 13.2. The molecule has 1 amide bonds. The first-order chi connectivity index (χ1) is 19.3. The fourth-order valence-electron chi connectivity index (χ4n) is 4.31. The van der Waals surface area contributed by atoms with Crippen LogP contribution in [0.25, 0.3) is 0 Å². The number of aromatic hydroxyl groups is 1. The number of anilines is 1. The van der Waals surface area contributed by atoms with Crippen molar-refractivity contribution in [3.05, 3.63) is 65.9 Å². The van der Waals surface area contributed by atoms with Crippen LogP contribution in [0.1, 0.15) is 60.8 Å². The molecule has 212 valence electrons. The average molecular weight is 565 g/mol. The van der Waals surface area contributed by atoms with Crippen LogP contribution in [0.15, 0.2) is 63.4 Å². The molecule has 0 radical (unpaired) electrons. The normalized spacial score (nSPS) is 15.4. The number of phenols is 1. The maximum atomic E-state index is 13.3. The molecule has 0 aliphatic carbocycles. The van der Waals surface area contributed by atoms with E-state index in [0.717, 1.165) is 11.3 Å². The summed E-state index contributed by atoms with van der Waals surface area (Å²) in [6, 6.07) is 8.40. The molecule has 0 bridgehead atoms. The number of hydrogen-bond donors (Lipinski definition) is 3. The first kappa shape index (κ1) is 28.9. The van der Waals surface area contributed by atoms with Crippen LogP contribution >= 0.6 is 11.9 Å². The molecule has 1 fully saturated rings. The smallest absolute Gasteiger partial charge is 0.257 e. The fourth-order valence-corrected chi connectivity index (χ4v) is 4.65. The van der Waals surface area contributed by atoms with Crippen LogP contribution < -0.4 is 15.4 Å². The zero-order chi connectivity index (χ0) is 28.6. The minimum absolute atomic E-state index is 0.166. The number of hydrogen-bond acceptors (Lipinski definition) is 9. The van der Waals surface area contributed by atoms with Crippen molar-refractivity contribution < 1.29 is 14.3 Å². The Morgan fingerprint density at radius 3 is 2.55 bits per heavy atom. The van der Waals surface area contributed by atoms with Crippen LogP contribution in [-0.4, -0.2) is 70.0 Å². The van der Waals surface area contributed by atoms with E-state index in [2.05, 4.69) is 38.5 Å². The number of carbonyl (C=O) groups excluding carboxylic acids is 1. The van der Waals surface area contributed by atoms with E-state index in [4.69, 9.17) is 10.2 Å². The van der Waals surface area contributed by atoms with Crippen LogP contribution in [0.2, 0.25) is 0 Å². The van der Waals surface area contributed by atoms with Crippen LogP contribution in [-0.2, 0) is 0 Å². The first-order valence-corrected chi connectivity index (χ1v) is 14.5. The monoisotopic (exact) mass is 564 g/mol. The summed E-state index contributed by atoms with van der Waals surface area (Å²) >= 11 is 1.30. The van der Waals surface area contributed by atoms with E-state index >= 15 is 0 Å². The highest BCUT2D eigenvalue weighted by Gasteiger charge is 2.26. The lowest BCUT2D eigenvalue weighted by Gasteiger charge is -2.34. The second kappa shape index (κ2) is 13.3. The topological polar surface area (TPSA) is 145 Å². The third-order valence-corrected chi connectivity index (χ3v) is 7.03. The highest BCUT2D eigenvalue weighted by atomic mass is 32.2. The standard InChI is InChI=1S/C28H36N8O3S/c1-5-21(23-16-19(17-39-23)18(2)3)32-25(29)26(34-40-4)33-22-9-6-8-20(24(22)37)27(38)35-12-14-36(15-13-35)28-30-10-7-11-31-28/h6-11,16-18,21,37H,5,12-15H2,1-4H3,(H2,29,32)(H,33,34)/t21-/m1/s1. The number of rotatable bonds is 8. The SMILES string of the molecule is CC[C@@H](N=C(N)C(=Nc1cccc(C(=O)N2CCN(c3ncccn3)CC2)c1O)NSC)c1cc(C(C)C)co1. The van der Waals surface area contributed by atoms with E-state index in [0.29, 0.717) is 44.5 Å². The van der Waals surface area contributed by atoms with Gasteiger partial charge in [0.1, 0.15) is 17.5 Å². The Morgan fingerprint density at radius 1 is 1.20 bits per heavy atom. The molecule has 1 aliphatic heterocycles. The molecule has 1 atom stereocenters. The number of carbonyl (C=O) groups is 1. The number of phenolic OH excluding ortho intramolecular Hbond substituents is 1. The third kappa shape index (κ3) is 6.74. The molecule has 4 rings (SSSR count). The number of aliphatic imine (C=N–C) groups is 2.